The van der Waals surface area contributed by atoms with Crippen LogP contribution < -0.4 is 10.3 Å². The van der Waals surface area contributed by atoms with E-state index in [1.165, 1.54) is 5.56 Å². The third-order valence-corrected chi connectivity index (χ3v) is 3.90. The Hall–Kier alpha value is -2.87. The van der Waals surface area contributed by atoms with Crippen molar-refractivity contribution in [2.45, 2.75) is 25.8 Å². The van der Waals surface area contributed by atoms with Crippen LogP contribution in [0.15, 0.2) is 36.7 Å². The lowest BCUT2D eigenvalue weighted by Crippen LogP contribution is -2.32. The Morgan fingerprint density at radius 3 is 2.83 bits per heavy atom. The number of terminal acetylenes is 1. The molecule has 0 aliphatic heterocycles. The van der Waals surface area contributed by atoms with Crippen LogP contribution in [0.4, 0.5) is 5.82 Å². The lowest BCUT2D eigenvalue weighted by Gasteiger charge is -2.06. The Balaban J connectivity index is 2.05. The molecule has 2 heterocycles. The molecule has 116 valence electrons. The zero-order valence-corrected chi connectivity index (χ0v) is 13.2. The summed E-state index contributed by atoms with van der Waals surface area (Å²) in [6.45, 7) is 0.795. The van der Waals surface area contributed by atoms with Gasteiger partial charge in [-0.3, -0.25) is 4.57 Å². The summed E-state index contributed by atoms with van der Waals surface area (Å²) in [6, 6.07) is 10.3. The van der Waals surface area contributed by atoms with Gasteiger partial charge in [0.15, 0.2) is 5.52 Å². The van der Waals surface area contributed by atoms with E-state index in [9.17, 15) is 0 Å². The van der Waals surface area contributed by atoms with E-state index in [2.05, 4.69) is 27.6 Å². The first kappa shape index (κ1) is 15.0. The molecule has 0 amide bonds. The summed E-state index contributed by atoms with van der Waals surface area (Å²) in [5, 5.41) is 0. The standard InChI is InChI=1S/C18H19N5/c1-3-4-8-11-23-15(12-14-9-6-5-7-10-14)21-16-17(19)22(2)13-20-18(16)23/h1,5-7,9-10,13,19H,4,8,11-12H2,2H3/p+1. The van der Waals surface area contributed by atoms with Crippen LogP contribution in [-0.2, 0) is 20.0 Å². The number of nitrogens with two attached hydrogens (primary N) is 1. The van der Waals surface area contributed by atoms with Crippen molar-refractivity contribution < 1.29 is 4.57 Å². The van der Waals surface area contributed by atoms with E-state index in [0.29, 0.717) is 5.82 Å². The van der Waals surface area contributed by atoms with E-state index in [4.69, 9.17) is 17.1 Å². The second-order valence-electron chi connectivity index (χ2n) is 5.56. The van der Waals surface area contributed by atoms with E-state index >= 15 is 0 Å². The summed E-state index contributed by atoms with van der Waals surface area (Å²) in [5.74, 6) is 4.28. The number of anilines is 1. The molecule has 1 aromatic carbocycles. The normalized spacial score (nSPS) is 10.8. The maximum atomic E-state index is 6.16. The molecule has 0 bridgehead atoms. The zero-order chi connectivity index (χ0) is 16.2. The largest absolute Gasteiger partial charge is 0.317 e. The van der Waals surface area contributed by atoms with Crippen LogP contribution in [0.25, 0.3) is 11.2 Å². The summed E-state index contributed by atoms with van der Waals surface area (Å²) in [6.07, 6.45) is 9.48. The number of unbranched alkanes of at least 4 members (excludes halogenated alkanes) is 1. The number of nitrogens with zero attached hydrogens (tertiary/aromatic N) is 4. The average molecular weight is 306 g/mol. The van der Waals surface area contributed by atoms with Gasteiger partial charge in [0, 0.05) is 19.4 Å². The van der Waals surface area contributed by atoms with Crippen LogP contribution in [0, 0.1) is 12.3 Å². The second-order valence-corrected chi connectivity index (χ2v) is 5.56. The highest BCUT2D eigenvalue weighted by Gasteiger charge is 2.19. The van der Waals surface area contributed by atoms with Gasteiger partial charge < -0.3 is 5.73 Å². The smallest absolute Gasteiger partial charge is 0.250 e. The van der Waals surface area contributed by atoms with Gasteiger partial charge in [0.05, 0.1) is 7.05 Å². The van der Waals surface area contributed by atoms with Crippen molar-refractivity contribution >= 4 is 17.0 Å². The van der Waals surface area contributed by atoms with E-state index in [1.54, 1.807) is 10.9 Å². The minimum absolute atomic E-state index is 0.625. The molecule has 2 N–H and O–H groups in total. The number of aryl methyl sites for hydroxylation is 2. The minimum atomic E-state index is 0.625. The van der Waals surface area contributed by atoms with Gasteiger partial charge in [-0.05, 0) is 12.0 Å². The first-order valence-corrected chi connectivity index (χ1v) is 7.67. The first-order valence-electron chi connectivity index (χ1n) is 7.67. The predicted octanol–water partition coefficient (Wildman–Crippen LogP) is 1.84. The molecule has 0 radical (unpaired) electrons. The number of fused-ring (bicyclic) bond motifs is 1. The number of imidazole rings is 1. The van der Waals surface area contributed by atoms with Gasteiger partial charge in [0.1, 0.15) is 5.82 Å². The predicted molar refractivity (Wildman–Crippen MR) is 90.4 cm³/mol. The van der Waals surface area contributed by atoms with Crippen LogP contribution in [0.3, 0.4) is 0 Å². The summed E-state index contributed by atoms with van der Waals surface area (Å²) >= 11 is 0. The van der Waals surface area contributed by atoms with Crippen molar-refractivity contribution in [2.24, 2.45) is 7.05 Å². The molecule has 0 atom stereocenters. The highest BCUT2D eigenvalue weighted by atomic mass is 15.2. The Morgan fingerprint density at radius 2 is 2.09 bits per heavy atom. The summed E-state index contributed by atoms with van der Waals surface area (Å²) < 4.78 is 3.92. The fourth-order valence-electron chi connectivity index (χ4n) is 2.65. The van der Waals surface area contributed by atoms with Crippen LogP contribution in [0.5, 0.6) is 0 Å². The molecule has 0 unspecified atom stereocenters. The Kier molecular flexibility index (Phi) is 4.24. The van der Waals surface area contributed by atoms with Gasteiger partial charge in [-0.15, -0.1) is 12.3 Å². The Bertz CT molecular complexity index is 858. The molecule has 23 heavy (non-hydrogen) atoms. The SMILES string of the molecule is C#CCCCn1c(Cc2ccccc2)nc2c(N)[n+](C)cnc21. The van der Waals surface area contributed by atoms with Crippen molar-refractivity contribution in [3.63, 3.8) is 0 Å². The van der Waals surface area contributed by atoms with Gasteiger partial charge in [-0.2, -0.15) is 0 Å². The maximum Gasteiger partial charge on any atom is 0.250 e. The molecule has 0 spiro atoms. The van der Waals surface area contributed by atoms with Crippen molar-refractivity contribution in [3.8, 4) is 12.3 Å². The highest BCUT2D eigenvalue weighted by molar-refractivity contribution is 5.80. The van der Waals surface area contributed by atoms with E-state index in [-0.39, 0.29) is 0 Å². The number of hydrogen-bond acceptors (Lipinski definition) is 3. The molecule has 0 aliphatic rings. The molecule has 2 aromatic heterocycles. The average Bonchev–Trinajstić information content (AvgIpc) is 2.91. The lowest BCUT2D eigenvalue weighted by molar-refractivity contribution is -0.658. The number of hydrogen-bond donors (Lipinski definition) is 1. The lowest BCUT2D eigenvalue weighted by atomic mass is 10.1. The quantitative estimate of drug-likeness (QED) is 0.444. The third kappa shape index (κ3) is 3.02. The van der Waals surface area contributed by atoms with Crippen LogP contribution in [0.1, 0.15) is 24.2 Å². The van der Waals surface area contributed by atoms with E-state index < -0.39 is 0 Å². The molecule has 0 saturated carbocycles. The Morgan fingerprint density at radius 1 is 1.30 bits per heavy atom. The Labute approximate surface area is 135 Å². The summed E-state index contributed by atoms with van der Waals surface area (Å²) in [5.41, 5.74) is 8.95. The fourth-order valence-corrected chi connectivity index (χ4v) is 2.65. The monoisotopic (exact) mass is 306 g/mol. The van der Waals surface area contributed by atoms with E-state index in [1.807, 2.05) is 25.2 Å². The van der Waals surface area contributed by atoms with Gasteiger partial charge in [0.2, 0.25) is 12.0 Å². The van der Waals surface area contributed by atoms with Crippen molar-refractivity contribution in [1.29, 1.82) is 0 Å². The maximum absolute atomic E-state index is 6.16. The molecule has 0 saturated heterocycles. The molecular formula is C18H20N5+. The van der Waals surface area contributed by atoms with Crippen LogP contribution in [0.2, 0.25) is 0 Å². The fraction of sp³-hybridized carbons (Fsp3) is 0.278. The topological polar surface area (TPSA) is 60.6 Å². The second kappa shape index (κ2) is 6.49. The molecular weight excluding hydrogens is 286 g/mol. The van der Waals surface area contributed by atoms with Gasteiger partial charge in [0.25, 0.3) is 5.82 Å². The summed E-state index contributed by atoms with van der Waals surface area (Å²) in [4.78, 5) is 9.26. The summed E-state index contributed by atoms with van der Waals surface area (Å²) in [7, 11) is 1.87. The van der Waals surface area contributed by atoms with Gasteiger partial charge in [-0.25, -0.2) is 9.55 Å². The zero-order valence-electron chi connectivity index (χ0n) is 13.2. The number of benzene rings is 1. The van der Waals surface area contributed by atoms with Crippen molar-refractivity contribution in [1.82, 2.24) is 14.5 Å². The van der Waals surface area contributed by atoms with Crippen molar-refractivity contribution in [2.75, 3.05) is 5.73 Å². The van der Waals surface area contributed by atoms with Crippen LogP contribution >= 0.6 is 0 Å². The minimum Gasteiger partial charge on any atom is -0.317 e. The molecule has 5 heteroatoms. The van der Waals surface area contributed by atoms with Crippen molar-refractivity contribution in [3.05, 3.63) is 48.0 Å². The van der Waals surface area contributed by atoms with Gasteiger partial charge >= 0.3 is 0 Å². The van der Waals surface area contributed by atoms with Gasteiger partial charge in [-0.1, -0.05) is 35.3 Å². The highest BCUT2D eigenvalue weighted by Crippen LogP contribution is 2.20. The number of rotatable bonds is 5. The molecule has 0 fully saturated rings. The van der Waals surface area contributed by atoms with E-state index in [0.717, 1.165) is 42.8 Å². The molecule has 3 aromatic rings. The number of aromatic nitrogens is 4. The third-order valence-electron chi connectivity index (χ3n) is 3.90. The molecule has 0 aliphatic carbocycles. The van der Waals surface area contributed by atoms with Crippen LogP contribution in [-0.4, -0.2) is 14.5 Å². The first-order chi connectivity index (χ1) is 11.2. The molecule has 3 rings (SSSR count). The number of nitrogen functional groups attached to an aromatic ring is 1. The molecule has 5 nitrogen and oxygen atoms in total.